The van der Waals surface area contributed by atoms with Crippen LogP contribution in [0.2, 0.25) is 0 Å². The molecule has 0 radical (unpaired) electrons. The summed E-state index contributed by atoms with van der Waals surface area (Å²) in [5.74, 6) is -3.65. The Morgan fingerprint density at radius 1 is 1.12 bits per heavy atom. The first-order chi connectivity index (χ1) is 2.64. The van der Waals surface area contributed by atoms with Gasteiger partial charge in [0.1, 0.15) is 0 Å². The number of hydrogen-bond donors (Lipinski definition) is 2. The topological polar surface area (TPSA) is 106 Å². The molecule has 0 aromatic carbocycles. The number of hydrogen-bond acceptors (Lipinski definition) is 2. The zero-order chi connectivity index (χ0) is 5.15. The number of carboxylic acids is 2. The second-order valence-electron chi connectivity index (χ2n) is 0.610. The standard InChI is InChI=1S/C2H2O4.Mg.H2O.2H/c3-1(4)2(5)6;;;;/h(H,3,4)(H,5,6);;1H2;;/q;+2;;2*-1. The van der Waals surface area contributed by atoms with Gasteiger partial charge in [-0.05, 0) is 0 Å². The number of carboxylic acid groups (broad SMARTS) is 2. The molecule has 0 saturated heterocycles. The van der Waals surface area contributed by atoms with Gasteiger partial charge < -0.3 is 18.5 Å². The van der Waals surface area contributed by atoms with Gasteiger partial charge in [-0.2, -0.15) is 0 Å². The van der Waals surface area contributed by atoms with Crippen molar-refractivity contribution in [2.45, 2.75) is 0 Å². The summed E-state index contributed by atoms with van der Waals surface area (Å²) in [4.78, 5) is 18.2. The van der Waals surface area contributed by atoms with Crippen molar-refractivity contribution >= 4 is 35.0 Å². The molecular formula is C2H6MgO5. The van der Waals surface area contributed by atoms with Crippen LogP contribution in [0.1, 0.15) is 2.85 Å². The fraction of sp³-hybridized carbons (Fsp3) is 0. The van der Waals surface area contributed by atoms with Crippen molar-refractivity contribution in [1.29, 1.82) is 0 Å². The normalized spacial score (nSPS) is 5.50. The summed E-state index contributed by atoms with van der Waals surface area (Å²) in [6.07, 6.45) is 0. The van der Waals surface area contributed by atoms with E-state index in [1.807, 2.05) is 0 Å². The SMILES string of the molecule is O.O=C(O)C(=O)O.[H-].[H-].[Mg+2]. The molecule has 0 fully saturated rings. The molecule has 8 heavy (non-hydrogen) atoms. The van der Waals surface area contributed by atoms with E-state index in [0.717, 1.165) is 0 Å². The predicted molar refractivity (Wildman–Crippen MR) is 26.9 cm³/mol. The van der Waals surface area contributed by atoms with Gasteiger partial charge in [0.2, 0.25) is 0 Å². The van der Waals surface area contributed by atoms with Crippen molar-refractivity contribution in [3.63, 3.8) is 0 Å². The van der Waals surface area contributed by atoms with Crippen LogP contribution in [0.25, 0.3) is 0 Å². The van der Waals surface area contributed by atoms with Gasteiger partial charge in [0, 0.05) is 0 Å². The van der Waals surface area contributed by atoms with E-state index in [4.69, 9.17) is 19.8 Å². The summed E-state index contributed by atoms with van der Waals surface area (Å²) >= 11 is 0. The molecule has 6 heteroatoms. The summed E-state index contributed by atoms with van der Waals surface area (Å²) in [7, 11) is 0. The van der Waals surface area contributed by atoms with Gasteiger partial charge in [0.05, 0.1) is 0 Å². The quantitative estimate of drug-likeness (QED) is 0.300. The molecule has 0 aliphatic carbocycles. The summed E-state index contributed by atoms with van der Waals surface area (Å²) in [6, 6.07) is 0. The Kier molecular flexibility index (Phi) is 13.0. The molecular weight excluding hydrogens is 128 g/mol. The van der Waals surface area contributed by atoms with Gasteiger partial charge in [0.15, 0.2) is 0 Å². The molecule has 0 spiro atoms. The number of aliphatic carboxylic acids is 2. The van der Waals surface area contributed by atoms with E-state index in [9.17, 15) is 0 Å². The molecule has 0 heterocycles. The minimum absolute atomic E-state index is 0. The monoisotopic (exact) mass is 134 g/mol. The third kappa shape index (κ3) is 9.18. The van der Waals surface area contributed by atoms with E-state index in [2.05, 4.69) is 0 Å². The molecule has 0 bridgehead atoms. The van der Waals surface area contributed by atoms with E-state index in [-0.39, 0.29) is 31.4 Å². The van der Waals surface area contributed by atoms with Crippen LogP contribution in [-0.2, 0) is 9.59 Å². The van der Waals surface area contributed by atoms with E-state index >= 15 is 0 Å². The first kappa shape index (κ1) is 15.6. The Morgan fingerprint density at radius 3 is 1.25 bits per heavy atom. The molecule has 0 rings (SSSR count). The molecule has 0 aliphatic heterocycles. The summed E-state index contributed by atoms with van der Waals surface area (Å²) in [6.45, 7) is 0. The molecule has 0 saturated carbocycles. The fourth-order valence-electron chi connectivity index (χ4n) is 0. The average Bonchev–Trinajstić information content (AvgIpc) is 1.36. The number of rotatable bonds is 0. The maximum absolute atomic E-state index is 9.10. The molecule has 0 unspecified atom stereocenters. The van der Waals surface area contributed by atoms with Crippen LogP contribution in [0.5, 0.6) is 0 Å². The van der Waals surface area contributed by atoms with Crippen molar-refractivity contribution in [2.24, 2.45) is 0 Å². The summed E-state index contributed by atoms with van der Waals surface area (Å²) < 4.78 is 0. The smallest absolute Gasteiger partial charge is 1.00 e. The van der Waals surface area contributed by atoms with Crippen LogP contribution < -0.4 is 0 Å². The number of carbonyl (C=O) groups is 2. The van der Waals surface area contributed by atoms with Crippen LogP contribution in [0.3, 0.4) is 0 Å². The van der Waals surface area contributed by atoms with Crippen LogP contribution in [0.4, 0.5) is 0 Å². The predicted octanol–water partition coefficient (Wildman–Crippen LogP) is -1.82. The van der Waals surface area contributed by atoms with E-state index in [0.29, 0.717) is 0 Å². The van der Waals surface area contributed by atoms with Crippen molar-refractivity contribution in [2.75, 3.05) is 0 Å². The molecule has 0 amide bonds. The van der Waals surface area contributed by atoms with Crippen LogP contribution in [0.15, 0.2) is 0 Å². The second kappa shape index (κ2) is 6.67. The molecule has 46 valence electrons. The second-order valence-corrected chi connectivity index (χ2v) is 0.610. The maximum atomic E-state index is 9.10. The van der Waals surface area contributed by atoms with Gasteiger partial charge in [0.25, 0.3) is 0 Å². The Bertz CT molecular complexity index is 83.6. The molecule has 4 N–H and O–H groups in total. The van der Waals surface area contributed by atoms with Crippen molar-refractivity contribution in [3.8, 4) is 0 Å². The van der Waals surface area contributed by atoms with Crippen LogP contribution in [0, 0.1) is 0 Å². The van der Waals surface area contributed by atoms with Gasteiger partial charge in [-0.25, -0.2) is 9.59 Å². The minimum Gasteiger partial charge on any atom is -1.00 e. The molecule has 5 nitrogen and oxygen atoms in total. The molecule has 0 atom stereocenters. The van der Waals surface area contributed by atoms with Gasteiger partial charge in [-0.1, -0.05) is 0 Å². The van der Waals surface area contributed by atoms with Crippen molar-refractivity contribution in [3.05, 3.63) is 0 Å². The third-order valence-corrected chi connectivity index (χ3v) is 0.183. The average molecular weight is 134 g/mol. The largest absolute Gasteiger partial charge is 2.00 e. The first-order valence-corrected chi connectivity index (χ1v) is 1.11. The van der Waals surface area contributed by atoms with E-state index in [1.165, 1.54) is 0 Å². The van der Waals surface area contributed by atoms with Crippen molar-refractivity contribution < 1.29 is 28.1 Å². The zero-order valence-electron chi connectivity index (χ0n) is 5.92. The first-order valence-electron chi connectivity index (χ1n) is 1.11. The Balaban J connectivity index is -0.0000000208. The summed E-state index contributed by atoms with van der Waals surface area (Å²) in [5, 5.41) is 14.8. The summed E-state index contributed by atoms with van der Waals surface area (Å²) in [5.41, 5.74) is 0. The maximum Gasteiger partial charge on any atom is 2.00 e. The fourth-order valence-corrected chi connectivity index (χ4v) is 0. The molecule has 0 aromatic rings. The minimum atomic E-state index is -1.82. The van der Waals surface area contributed by atoms with E-state index in [1.54, 1.807) is 0 Å². The van der Waals surface area contributed by atoms with Gasteiger partial charge in [-0.3, -0.25) is 0 Å². The van der Waals surface area contributed by atoms with E-state index < -0.39 is 11.9 Å². The Hall–Kier alpha value is -0.334. The Morgan fingerprint density at radius 2 is 1.25 bits per heavy atom. The molecule has 0 aromatic heterocycles. The van der Waals surface area contributed by atoms with Crippen molar-refractivity contribution in [1.82, 2.24) is 0 Å². The Labute approximate surface area is 63.7 Å². The third-order valence-electron chi connectivity index (χ3n) is 0.183. The molecule has 0 aliphatic rings. The zero-order valence-corrected chi connectivity index (χ0v) is 5.33. The van der Waals surface area contributed by atoms with Crippen LogP contribution in [-0.4, -0.2) is 50.7 Å². The van der Waals surface area contributed by atoms with Gasteiger partial charge in [-0.15, -0.1) is 0 Å². The van der Waals surface area contributed by atoms with Gasteiger partial charge >= 0.3 is 35.0 Å². The van der Waals surface area contributed by atoms with Crippen LogP contribution >= 0.6 is 0 Å².